The topological polar surface area (TPSA) is 64.6 Å². The molecule has 1 aliphatic heterocycles. The smallest absolute Gasteiger partial charge is 0.289 e. The number of imide groups is 1. The molecule has 1 unspecified atom stereocenters. The summed E-state index contributed by atoms with van der Waals surface area (Å²) >= 11 is 0.346. The summed E-state index contributed by atoms with van der Waals surface area (Å²) in [5.74, 6) is 1.19. The molecule has 4 aromatic rings. The van der Waals surface area contributed by atoms with Gasteiger partial charge in [0.2, 0.25) is 0 Å². The number of thioether (sulfide) groups is 1. The van der Waals surface area contributed by atoms with Gasteiger partial charge in [-0.1, -0.05) is 74.0 Å². The monoisotopic (exact) mass is 583 g/mol. The lowest BCUT2D eigenvalue weighted by Crippen LogP contribution is -2.30. The normalized spacial score (nSPS) is 16.3. The van der Waals surface area contributed by atoms with Gasteiger partial charge in [0.1, 0.15) is 17.2 Å². The fraction of sp³-hybridized carbons (Fsp3) is 0.257. The highest BCUT2D eigenvalue weighted by molar-refractivity contribution is 8.15. The minimum absolute atomic E-state index is 0.105. The summed E-state index contributed by atoms with van der Waals surface area (Å²) in [6.07, 6.45) is 5.88. The second-order valence-electron chi connectivity index (χ2n) is 10.3. The van der Waals surface area contributed by atoms with Crippen molar-refractivity contribution in [3.63, 3.8) is 0 Å². The van der Waals surface area contributed by atoms with E-state index in [1.807, 2.05) is 41.7 Å². The van der Waals surface area contributed by atoms with Crippen LogP contribution in [0.15, 0.2) is 97.1 Å². The van der Waals surface area contributed by atoms with Crippen molar-refractivity contribution in [2.75, 3.05) is 6.61 Å². The van der Waals surface area contributed by atoms with Crippen molar-refractivity contribution in [3.8, 4) is 28.4 Å². The molecule has 4 aromatic carbocycles. The quantitative estimate of drug-likeness (QED) is 0.159. The summed E-state index contributed by atoms with van der Waals surface area (Å²) in [4.78, 5) is 23.4. The lowest BCUT2D eigenvalue weighted by Gasteiger charge is -2.16. The number of benzene rings is 4. The number of nitrogens with one attached hydrogen (secondary N) is 1. The number of rotatable bonds is 13. The molecule has 2 amide bonds. The van der Waals surface area contributed by atoms with Crippen LogP contribution < -0.4 is 14.8 Å². The van der Waals surface area contributed by atoms with Crippen LogP contribution in [0.1, 0.15) is 49.3 Å². The first kappa shape index (κ1) is 29.4. The second kappa shape index (κ2) is 13.7. The minimum atomic E-state index is -2.42. The first-order valence-electron chi connectivity index (χ1n) is 14.4. The van der Waals surface area contributed by atoms with Crippen LogP contribution in [0.3, 0.4) is 0 Å². The molecule has 5 nitrogen and oxygen atoms in total. The van der Waals surface area contributed by atoms with E-state index in [0.717, 1.165) is 55.6 Å². The molecule has 0 bridgehead atoms. The Kier molecular flexibility index (Phi) is 9.59. The summed E-state index contributed by atoms with van der Waals surface area (Å²) in [5.41, 5.74) is 5.10. The van der Waals surface area contributed by atoms with Crippen molar-refractivity contribution in [2.24, 2.45) is 0 Å². The number of hydrogen-bond acceptors (Lipinski definition) is 5. The third-order valence-electron chi connectivity index (χ3n) is 7.20. The van der Waals surface area contributed by atoms with Gasteiger partial charge in [-0.2, -0.15) is 0 Å². The molecule has 1 fully saturated rings. The maximum Gasteiger partial charge on any atom is 0.289 e. The van der Waals surface area contributed by atoms with E-state index in [1.54, 1.807) is 12.1 Å². The van der Waals surface area contributed by atoms with Crippen molar-refractivity contribution >= 4 is 22.9 Å². The van der Waals surface area contributed by atoms with Crippen LogP contribution in [0.25, 0.3) is 11.1 Å². The van der Waals surface area contributed by atoms with Crippen LogP contribution in [0, 0.1) is 0 Å². The van der Waals surface area contributed by atoms with Crippen LogP contribution in [-0.2, 0) is 22.6 Å². The minimum Gasteiger partial charge on any atom is -0.494 e. The fourth-order valence-corrected chi connectivity index (χ4v) is 5.81. The highest BCUT2D eigenvalue weighted by Gasteiger charge is 2.50. The number of carbonyl (C=O) groups is 2. The molecule has 7 heteroatoms. The van der Waals surface area contributed by atoms with E-state index in [4.69, 9.17) is 9.47 Å². The van der Waals surface area contributed by atoms with Gasteiger partial charge < -0.3 is 9.47 Å². The SMILES string of the molecule is CCCc1cc(Oc2ccc(-c3ccccc3)cc2)ccc1CCCCCOc1cccc(C2(F)SC(=O)NC2=O)c1. The Balaban J connectivity index is 1.10. The molecule has 1 atom stereocenters. The number of aryl methyl sites for hydroxylation is 2. The molecule has 0 saturated carbocycles. The summed E-state index contributed by atoms with van der Waals surface area (Å²) in [6, 6.07) is 31.2. The Morgan fingerprint density at radius 2 is 1.50 bits per heavy atom. The number of amides is 2. The average molecular weight is 584 g/mol. The molecule has 0 radical (unpaired) electrons. The van der Waals surface area contributed by atoms with E-state index in [0.29, 0.717) is 24.1 Å². The number of ether oxygens (including phenoxy) is 2. The van der Waals surface area contributed by atoms with Gasteiger partial charge >= 0.3 is 0 Å². The van der Waals surface area contributed by atoms with Gasteiger partial charge in [-0.3, -0.25) is 14.9 Å². The Morgan fingerprint density at radius 1 is 0.738 bits per heavy atom. The van der Waals surface area contributed by atoms with Crippen molar-refractivity contribution in [3.05, 3.63) is 114 Å². The second-order valence-corrected chi connectivity index (χ2v) is 11.4. The lowest BCUT2D eigenvalue weighted by molar-refractivity contribution is -0.126. The van der Waals surface area contributed by atoms with Gasteiger partial charge in [-0.05, 0) is 103 Å². The Labute approximate surface area is 250 Å². The lowest BCUT2D eigenvalue weighted by atomic mass is 9.98. The third-order valence-corrected chi connectivity index (χ3v) is 8.19. The molecule has 42 heavy (non-hydrogen) atoms. The van der Waals surface area contributed by atoms with E-state index in [2.05, 4.69) is 43.3 Å². The van der Waals surface area contributed by atoms with Gasteiger partial charge in [0.15, 0.2) is 0 Å². The number of hydrogen-bond donors (Lipinski definition) is 1. The first-order valence-corrected chi connectivity index (χ1v) is 15.2. The maximum atomic E-state index is 15.1. The number of alkyl halides is 1. The van der Waals surface area contributed by atoms with Crippen molar-refractivity contribution in [1.29, 1.82) is 0 Å². The zero-order valence-electron chi connectivity index (χ0n) is 23.6. The average Bonchev–Trinajstić information content (AvgIpc) is 3.28. The summed E-state index contributed by atoms with van der Waals surface area (Å²) in [6.45, 7) is 2.67. The molecule has 1 saturated heterocycles. The fourth-order valence-electron chi connectivity index (χ4n) is 5.03. The Hall–Kier alpha value is -4.10. The molecule has 0 aliphatic carbocycles. The van der Waals surface area contributed by atoms with Gasteiger partial charge in [0.05, 0.1) is 6.61 Å². The Bertz CT molecular complexity index is 1530. The summed E-state index contributed by atoms with van der Waals surface area (Å²) < 4.78 is 27.1. The zero-order chi connectivity index (χ0) is 29.4. The molecule has 1 heterocycles. The highest BCUT2D eigenvalue weighted by atomic mass is 32.2. The van der Waals surface area contributed by atoms with Gasteiger partial charge in [-0.25, -0.2) is 4.39 Å². The van der Waals surface area contributed by atoms with Crippen molar-refractivity contribution in [1.82, 2.24) is 5.32 Å². The molecule has 1 aliphatic rings. The number of unbranched alkanes of at least 4 members (excludes halogenated alkanes) is 2. The molecular weight excluding hydrogens is 549 g/mol. The number of carbonyl (C=O) groups excluding carboxylic acids is 2. The van der Waals surface area contributed by atoms with E-state index in [9.17, 15) is 9.59 Å². The maximum absolute atomic E-state index is 15.1. The van der Waals surface area contributed by atoms with Gasteiger partial charge in [-0.15, -0.1) is 0 Å². The van der Waals surface area contributed by atoms with E-state index >= 15 is 4.39 Å². The van der Waals surface area contributed by atoms with E-state index in [1.165, 1.54) is 28.8 Å². The number of halogens is 1. The van der Waals surface area contributed by atoms with Crippen LogP contribution in [0.4, 0.5) is 9.18 Å². The molecule has 1 N–H and O–H groups in total. The molecule has 0 aromatic heterocycles. The van der Waals surface area contributed by atoms with Gasteiger partial charge in [0, 0.05) is 5.56 Å². The molecular formula is C35H34FNO4S. The van der Waals surface area contributed by atoms with Crippen molar-refractivity contribution in [2.45, 2.75) is 50.4 Å². The van der Waals surface area contributed by atoms with Crippen LogP contribution in [0.5, 0.6) is 17.2 Å². The largest absolute Gasteiger partial charge is 0.494 e. The van der Waals surface area contributed by atoms with Crippen LogP contribution in [-0.4, -0.2) is 17.8 Å². The van der Waals surface area contributed by atoms with Crippen LogP contribution in [0.2, 0.25) is 0 Å². The zero-order valence-corrected chi connectivity index (χ0v) is 24.4. The highest BCUT2D eigenvalue weighted by Crippen LogP contribution is 2.43. The van der Waals surface area contributed by atoms with Gasteiger partial charge in [0.25, 0.3) is 16.1 Å². The predicted molar refractivity (Wildman–Crippen MR) is 166 cm³/mol. The summed E-state index contributed by atoms with van der Waals surface area (Å²) in [7, 11) is 0. The van der Waals surface area contributed by atoms with E-state index < -0.39 is 16.1 Å². The predicted octanol–water partition coefficient (Wildman–Crippen LogP) is 9.00. The summed E-state index contributed by atoms with van der Waals surface area (Å²) in [5, 5.41) is -1.10. The molecule has 216 valence electrons. The van der Waals surface area contributed by atoms with E-state index in [-0.39, 0.29) is 5.56 Å². The molecule has 5 rings (SSSR count). The molecule has 0 spiro atoms. The Morgan fingerprint density at radius 3 is 2.24 bits per heavy atom. The van der Waals surface area contributed by atoms with Crippen molar-refractivity contribution < 1.29 is 23.5 Å². The van der Waals surface area contributed by atoms with Crippen LogP contribution >= 0.6 is 11.8 Å². The standard InChI is InChI=1S/C35H34FNO4S/c1-2-10-28-23-32(41-30-19-16-27(17-20-30)25-11-5-3-6-12-25)21-18-26(28)13-7-4-8-22-40-31-15-9-14-29(24-31)35(36)33(38)37-34(39)42-35/h3,5-6,9,11-12,14-21,23-24H,2,4,7-8,10,13,22H2,1H3,(H,37,38,39). The third kappa shape index (κ3) is 7.21. The first-order chi connectivity index (χ1) is 20.4.